The number of amides is 4. The first kappa shape index (κ1) is 38.8. The highest BCUT2D eigenvalue weighted by Crippen LogP contribution is 2.56. The molecule has 2 aliphatic heterocycles. The molecule has 9 rings (SSSR count). The SMILES string of the molecule is COC(=O)N[C@H](C(=O)N1[C@@H]2C[C@H]2C[C@H]1c1ncc(-c2ccc([C@@H]3C[C@H]3c3ccc(-c4cnc([C@@H]5C[C@H]6C[C@H]6N5C(=O)[C@H](C(C)C)N(C)C(=O)O)[nH]4)cc3)cc2)[nH]1)C(C)C. The number of hydrogen-bond donors (Lipinski definition) is 4. The predicted molar refractivity (Wildman–Crippen MR) is 219 cm³/mol. The van der Waals surface area contributed by atoms with E-state index in [2.05, 4.69) is 63.8 Å². The molecule has 5 aliphatic rings. The van der Waals surface area contributed by atoms with Crippen LogP contribution in [0.25, 0.3) is 22.5 Å². The Bertz CT molecular complexity index is 2250. The van der Waals surface area contributed by atoms with E-state index < -0.39 is 24.3 Å². The minimum atomic E-state index is -1.10. The molecule has 0 bridgehead atoms. The number of likely N-dealkylation sites (N-methyl/N-ethyl adjacent to an activating group) is 1. The van der Waals surface area contributed by atoms with Crippen molar-refractivity contribution < 1.29 is 29.0 Å². The number of aromatic amines is 2. The first-order valence-electron chi connectivity index (χ1n) is 21.1. The summed E-state index contributed by atoms with van der Waals surface area (Å²) in [6.45, 7) is 7.63. The van der Waals surface area contributed by atoms with Gasteiger partial charge in [0.05, 0.1) is 43.0 Å². The van der Waals surface area contributed by atoms with Crippen molar-refractivity contribution >= 4 is 24.0 Å². The number of alkyl carbamates (subject to hydrolysis) is 1. The number of fused-ring (bicyclic) bond motifs is 2. The van der Waals surface area contributed by atoms with E-state index in [0.29, 0.717) is 23.7 Å². The number of aromatic nitrogens is 4. The Morgan fingerprint density at radius 3 is 1.63 bits per heavy atom. The van der Waals surface area contributed by atoms with Crippen LogP contribution in [0.2, 0.25) is 0 Å². The summed E-state index contributed by atoms with van der Waals surface area (Å²) in [6, 6.07) is 15.9. The molecule has 4 amide bonds. The Morgan fingerprint density at radius 2 is 1.20 bits per heavy atom. The molecule has 3 saturated carbocycles. The Balaban J connectivity index is 0.831. The van der Waals surface area contributed by atoms with E-state index in [0.717, 1.165) is 71.2 Å². The van der Waals surface area contributed by atoms with Gasteiger partial charge in [-0.2, -0.15) is 0 Å². The number of hydrogen-bond acceptors (Lipinski definition) is 7. The van der Waals surface area contributed by atoms with E-state index in [1.807, 2.05) is 49.9 Å². The number of nitrogens with one attached hydrogen (secondary N) is 3. The van der Waals surface area contributed by atoms with E-state index in [9.17, 15) is 24.3 Å². The number of carboxylic acid groups (broad SMARTS) is 1. The molecule has 2 aromatic carbocycles. The maximum atomic E-state index is 13.8. The van der Waals surface area contributed by atoms with E-state index in [1.54, 1.807) is 0 Å². The van der Waals surface area contributed by atoms with Crippen LogP contribution in [0.4, 0.5) is 9.59 Å². The number of ether oxygens (including phenoxy) is 1. The smallest absolute Gasteiger partial charge is 0.407 e. The summed E-state index contributed by atoms with van der Waals surface area (Å²) in [7, 11) is 2.78. The molecule has 2 saturated heterocycles. The number of carbonyl (C=O) groups is 4. The molecular formula is C45H54N8O6. The molecule has 4 N–H and O–H groups in total. The maximum Gasteiger partial charge on any atom is 0.407 e. The van der Waals surface area contributed by atoms with Gasteiger partial charge in [0, 0.05) is 19.1 Å². The average molecular weight is 803 g/mol. The molecular weight excluding hydrogens is 749 g/mol. The number of H-pyrrole nitrogens is 2. The second-order valence-electron chi connectivity index (χ2n) is 18.1. The largest absolute Gasteiger partial charge is 0.465 e. The molecule has 59 heavy (non-hydrogen) atoms. The second-order valence-corrected chi connectivity index (χ2v) is 18.1. The van der Waals surface area contributed by atoms with Crippen LogP contribution in [-0.4, -0.2) is 102 Å². The van der Waals surface area contributed by atoms with Gasteiger partial charge in [-0.3, -0.25) is 14.5 Å². The number of benzene rings is 2. The Hall–Kier alpha value is -5.66. The van der Waals surface area contributed by atoms with Crippen LogP contribution in [0.1, 0.15) is 106 Å². The number of methoxy groups -OCH3 is 1. The zero-order valence-corrected chi connectivity index (χ0v) is 34.5. The lowest BCUT2D eigenvalue weighted by atomic mass is 10.0. The van der Waals surface area contributed by atoms with E-state index in [-0.39, 0.29) is 47.8 Å². The molecule has 0 spiro atoms. The Morgan fingerprint density at radius 1 is 0.729 bits per heavy atom. The molecule has 10 atom stereocenters. The van der Waals surface area contributed by atoms with E-state index in [1.165, 1.54) is 25.3 Å². The van der Waals surface area contributed by atoms with Gasteiger partial charge in [-0.05, 0) is 89.9 Å². The Labute approximate surface area is 344 Å². The molecule has 5 fully saturated rings. The minimum Gasteiger partial charge on any atom is -0.465 e. The number of carbonyl (C=O) groups excluding carboxylic acids is 3. The second kappa shape index (κ2) is 14.9. The van der Waals surface area contributed by atoms with Crippen LogP contribution in [0, 0.1) is 23.7 Å². The van der Waals surface area contributed by atoms with Crippen molar-refractivity contribution in [1.82, 2.24) is 40.0 Å². The molecule has 0 unspecified atom stereocenters. The molecule has 4 heterocycles. The molecule has 14 nitrogen and oxygen atoms in total. The molecule has 2 aromatic heterocycles. The van der Waals surface area contributed by atoms with Crippen molar-refractivity contribution in [1.29, 1.82) is 0 Å². The van der Waals surface area contributed by atoms with Crippen molar-refractivity contribution in [3.05, 3.63) is 83.7 Å². The zero-order valence-electron chi connectivity index (χ0n) is 34.5. The van der Waals surface area contributed by atoms with Gasteiger partial charge < -0.3 is 34.9 Å². The third-order valence-corrected chi connectivity index (χ3v) is 13.6. The minimum absolute atomic E-state index is 0.0893. The van der Waals surface area contributed by atoms with Gasteiger partial charge in [-0.1, -0.05) is 76.2 Å². The lowest BCUT2D eigenvalue weighted by molar-refractivity contribution is -0.140. The van der Waals surface area contributed by atoms with Crippen molar-refractivity contribution in [3.8, 4) is 22.5 Å². The standard InChI is InChI=1S/C45H54N8O6/c1-22(2)38(50-44(56)59-6)42(54)52-34-15-28(34)17-36(52)40-46-20-32(48-40)26-11-7-24(8-12-26)30-19-31(30)25-9-13-27(14-10-25)33-21-47-41(49-33)37-18-29-16-35(29)53(37)43(55)39(23(3)4)51(5)45(57)58/h7-14,20-23,28-31,34-39H,15-19H2,1-6H3,(H,46,48)(H,47,49)(H,50,56)(H,57,58)/t28-,29+,30-,31-,34+,35+,36-,37-,38-,39-/m0/s1. The van der Waals surface area contributed by atoms with Crippen LogP contribution in [-0.2, 0) is 14.3 Å². The summed E-state index contributed by atoms with van der Waals surface area (Å²) in [5.74, 6) is 2.81. The van der Waals surface area contributed by atoms with Crippen molar-refractivity contribution in [3.63, 3.8) is 0 Å². The van der Waals surface area contributed by atoms with Gasteiger partial charge in [0.2, 0.25) is 11.8 Å². The quantitative estimate of drug-likeness (QED) is 0.118. The predicted octanol–water partition coefficient (Wildman–Crippen LogP) is 7.08. The molecule has 310 valence electrons. The number of nitrogens with zero attached hydrogens (tertiary/aromatic N) is 5. The fourth-order valence-corrected chi connectivity index (χ4v) is 10.1. The number of likely N-dealkylation sites (tertiary alicyclic amines) is 2. The molecule has 0 radical (unpaired) electrons. The first-order valence-corrected chi connectivity index (χ1v) is 21.1. The van der Waals surface area contributed by atoms with E-state index in [4.69, 9.17) is 14.7 Å². The highest BCUT2D eigenvalue weighted by molar-refractivity contribution is 5.88. The number of rotatable bonds is 12. The number of piperidine rings is 2. The fraction of sp³-hybridized carbons (Fsp3) is 0.511. The van der Waals surface area contributed by atoms with Gasteiger partial charge in [-0.25, -0.2) is 19.6 Å². The van der Waals surface area contributed by atoms with E-state index >= 15 is 0 Å². The third-order valence-electron chi connectivity index (χ3n) is 13.6. The van der Waals surface area contributed by atoms with Gasteiger partial charge in [0.25, 0.3) is 0 Å². The van der Waals surface area contributed by atoms with Crippen molar-refractivity contribution in [2.75, 3.05) is 14.2 Å². The summed E-state index contributed by atoms with van der Waals surface area (Å²) >= 11 is 0. The highest BCUT2D eigenvalue weighted by atomic mass is 16.5. The normalized spacial score (nSPS) is 27.3. The van der Waals surface area contributed by atoms with Gasteiger partial charge in [0.15, 0.2) is 0 Å². The van der Waals surface area contributed by atoms with Crippen LogP contribution >= 0.6 is 0 Å². The molecule has 3 aliphatic carbocycles. The summed E-state index contributed by atoms with van der Waals surface area (Å²) in [4.78, 5) is 73.0. The zero-order chi connectivity index (χ0) is 41.4. The summed E-state index contributed by atoms with van der Waals surface area (Å²) in [5, 5.41) is 12.4. The summed E-state index contributed by atoms with van der Waals surface area (Å²) in [5.41, 5.74) is 6.47. The topological polar surface area (TPSA) is 177 Å². The summed E-state index contributed by atoms with van der Waals surface area (Å²) < 4.78 is 4.80. The van der Waals surface area contributed by atoms with Gasteiger partial charge in [-0.15, -0.1) is 0 Å². The molecule has 4 aromatic rings. The van der Waals surface area contributed by atoms with Crippen molar-refractivity contribution in [2.24, 2.45) is 23.7 Å². The fourth-order valence-electron chi connectivity index (χ4n) is 10.1. The van der Waals surface area contributed by atoms with Gasteiger partial charge in [0.1, 0.15) is 23.7 Å². The lowest BCUT2D eigenvalue weighted by Gasteiger charge is -2.35. The Kier molecular flexibility index (Phi) is 9.78. The average Bonchev–Trinajstić information content (AvgIpc) is 4.15. The van der Waals surface area contributed by atoms with Crippen LogP contribution in [0.5, 0.6) is 0 Å². The number of imidazole rings is 2. The van der Waals surface area contributed by atoms with Crippen molar-refractivity contribution in [2.45, 2.75) is 108 Å². The third kappa shape index (κ3) is 7.14. The van der Waals surface area contributed by atoms with Gasteiger partial charge >= 0.3 is 12.2 Å². The van der Waals surface area contributed by atoms with Crippen LogP contribution in [0.3, 0.4) is 0 Å². The summed E-state index contributed by atoms with van der Waals surface area (Å²) in [6.07, 6.45) is 6.69. The monoisotopic (exact) mass is 802 g/mol. The first-order chi connectivity index (χ1) is 28.3. The highest BCUT2D eigenvalue weighted by Gasteiger charge is 2.57. The maximum absolute atomic E-state index is 13.8. The lowest BCUT2D eigenvalue weighted by Crippen LogP contribution is -2.52. The van der Waals surface area contributed by atoms with Crippen LogP contribution < -0.4 is 5.32 Å². The van der Waals surface area contributed by atoms with Crippen LogP contribution in [0.15, 0.2) is 60.9 Å². The molecule has 14 heteroatoms.